The molecule has 0 atom stereocenters. The Labute approximate surface area is 117 Å². The van der Waals surface area contributed by atoms with Crippen LogP contribution in [0.1, 0.15) is 18.1 Å². The third kappa shape index (κ3) is 3.04. The van der Waals surface area contributed by atoms with E-state index in [0.29, 0.717) is 12.2 Å². The summed E-state index contributed by atoms with van der Waals surface area (Å²) in [7, 11) is 0. The first-order valence-electron chi connectivity index (χ1n) is 6.33. The number of aromatic nitrogens is 2. The van der Waals surface area contributed by atoms with Crippen molar-refractivity contribution in [3.63, 3.8) is 0 Å². The van der Waals surface area contributed by atoms with E-state index in [1.807, 2.05) is 19.1 Å². The van der Waals surface area contributed by atoms with E-state index in [2.05, 4.69) is 11.2 Å². The highest BCUT2D eigenvalue weighted by atomic mass is 16.5. The molecule has 1 aromatic heterocycles. The van der Waals surface area contributed by atoms with Crippen molar-refractivity contribution in [3.05, 3.63) is 41.7 Å². The zero-order chi connectivity index (χ0) is 14.5. The third-order valence-corrected chi connectivity index (χ3v) is 2.90. The van der Waals surface area contributed by atoms with Crippen molar-refractivity contribution in [1.29, 1.82) is 5.26 Å². The molecule has 0 saturated carbocycles. The normalized spacial score (nSPS) is 10.1. The SMILES string of the molecule is CCOC(=O)Cn1cc(-c2ccc(C#N)cc2C)cn1. The molecule has 2 rings (SSSR count). The number of hydrogen-bond donors (Lipinski definition) is 0. The molecule has 0 aliphatic carbocycles. The van der Waals surface area contributed by atoms with Gasteiger partial charge >= 0.3 is 5.97 Å². The van der Waals surface area contributed by atoms with Gasteiger partial charge in [0.25, 0.3) is 0 Å². The van der Waals surface area contributed by atoms with Gasteiger partial charge in [-0.3, -0.25) is 9.48 Å². The zero-order valence-electron chi connectivity index (χ0n) is 11.5. The van der Waals surface area contributed by atoms with Crippen molar-refractivity contribution >= 4 is 5.97 Å². The molecule has 1 heterocycles. The first kappa shape index (κ1) is 13.8. The summed E-state index contributed by atoms with van der Waals surface area (Å²) < 4.78 is 6.43. The van der Waals surface area contributed by atoms with Gasteiger partial charge in [0.15, 0.2) is 0 Å². The van der Waals surface area contributed by atoms with E-state index in [4.69, 9.17) is 10.00 Å². The number of carbonyl (C=O) groups is 1. The van der Waals surface area contributed by atoms with E-state index >= 15 is 0 Å². The fourth-order valence-corrected chi connectivity index (χ4v) is 1.99. The van der Waals surface area contributed by atoms with Gasteiger partial charge in [0.1, 0.15) is 6.54 Å². The van der Waals surface area contributed by atoms with E-state index < -0.39 is 0 Å². The Morgan fingerprint density at radius 2 is 2.30 bits per heavy atom. The van der Waals surface area contributed by atoms with Crippen molar-refractivity contribution in [2.24, 2.45) is 0 Å². The van der Waals surface area contributed by atoms with Crippen LogP contribution >= 0.6 is 0 Å². The van der Waals surface area contributed by atoms with Gasteiger partial charge in [-0.1, -0.05) is 6.07 Å². The maximum absolute atomic E-state index is 11.4. The molecule has 2 aromatic rings. The lowest BCUT2D eigenvalue weighted by atomic mass is 10.0. The van der Waals surface area contributed by atoms with E-state index in [9.17, 15) is 4.79 Å². The maximum atomic E-state index is 11.4. The van der Waals surface area contributed by atoms with Crippen LogP contribution < -0.4 is 0 Å². The summed E-state index contributed by atoms with van der Waals surface area (Å²) >= 11 is 0. The summed E-state index contributed by atoms with van der Waals surface area (Å²) in [6.07, 6.45) is 3.50. The molecule has 0 bridgehead atoms. The minimum absolute atomic E-state index is 0.100. The lowest BCUT2D eigenvalue weighted by Crippen LogP contribution is -2.13. The fourth-order valence-electron chi connectivity index (χ4n) is 1.99. The summed E-state index contributed by atoms with van der Waals surface area (Å²) in [4.78, 5) is 11.4. The Balaban J connectivity index is 2.21. The highest BCUT2D eigenvalue weighted by molar-refractivity contribution is 5.70. The van der Waals surface area contributed by atoms with Crippen molar-refractivity contribution in [2.45, 2.75) is 20.4 Å². The van der Waals surface area contributed by atoms with Crippen LogP contribution in [0.25, 0.3) is 11.1 Å². The minimum Gasteiger partial charge on any atom is -0.465 e. The molecule has 1 aromatic carbocycles. The van der Waals surface area contributed by atoms with E-state index in [1.54, 1.807) is 30.1 Å². The average Bonchev–Trinajstić information content (AvgIpc) is 2.86. The maximum Gasteiger partial charge on any atom is 0.327 e. The molecule has 5 nitrogen and oxygen atoms in total. The Morgan fingerprint density at radius 1 is 1.50 bits per heavy atom. The van der Waals surface area contributed by atoms with Gasteiger partial charge in [-0.15, -0.1) is 0 Å². The van der Waals surface area contributed by atoms with Crippen molar-refractivity contribution < 1.29 is 9.53 Å². The van der Waals surface area contributed by atoms with Crippen LogP contribution in [0.5, 0.6) is 0 Å². The molecule has 20 heavy (non-hydrogen) atoms. The number of benzene rings is 1. The van der Waals surface area contributed by atoms with E-state index in [0.717, 1.165) is 16.7 Å². The molecule has 0 aliphatic rings. The minimum atomic E-state index is -0.307. The number of ether oxygens (including phenoxy) is 1. The number of aryl methyl sites for hydroxylation is 1. The molecular weight excluding hydrogens is 254 g/mol. The van der Waals surface area contributed by atoms with Crippen molar-refractivity contribution in [2.75, 3.05) is 6.61 Å². The van der Waals surface area contributed by atoms with Crippen LogP contribution in [0.2, 0.25) is 0 Å². The lowest BCUT2D eigenvalue weighted by Gasteiger charge is -2.03. The summed E-state index contributed by atoms with van der Waals surface area (Å²) in [5.74, 6) is -0.307. The lowest BCUT2D eigenvalue weighted by molar-refractivity contribution is -0.144. The first-order chi connectivity index (χ1) is 9.63. The molecule has 0 amide bonds. The quantitative estimate of drug-likeness (QED) is 0.799. The number of hydrogen-bond acceptors (Lipinski definition) is 4. The predicted molar refractivity (Wildman–Crippen MR) is 73.7 cm³/mol. The number of nitriles is 1. The highest BCUT2D eigenvalue weighted by Crippen LogP contribution is 2.23. The second-order valence-electron chi connectivity index (χ2n) is 4.37. The molecular formula is C15H15N3O2. The van der Waals surface area contributed by atoms with Gasteiger partial charge in [0.05, 0.1) is 24.4 Å². The van der Waals surface area contributed by atoms with Gasteiger partial charge in [-0.25, -0.2) is 0 Å². The zero-order valence-corrected chi connectivity index (χ0v) is 11.5. The van der Waals surface area contributed by atoms with Crippen molar-refractivity contribution in [3.8, 4) is 17.2 Å². The van der Waals surface area contributed by atoms with Gasteiger partial charge in [-0.2, -0.15) is 10.4 Å². The molecule has 0 N–H and O–H groups in total. The van der Waals surface area contributed by atoms with E-state index in [1.165, 1.54) is 0 Å². The first-order valence-corrected chi connectivity index (χ1v) is 6.33. The largest absolute Gasteiger partial charge is 0.465 e. The van der Waals surface area contributed by atoms with Crippen molar-refractivity contribution in [1.82, 2.24) is 9.78 Å². The smallest absolute Gasteiger partial charge is 0.327 e. The number of rotatable bonds is 4. The second kappa shape index (κ2) is 6.02. The summed E-state index contributed by atoms with van der Waals surface area (Å²) in [6, 6.07) is 7.60. The molecule has 0 radical (unpaired) electrons. The molecule has 102 valence electrons. The molecule has 0 spiro atoms. The number of carbonyl (C=O) groups excluding carboxylic acids is 1. The Kier molecular flexibility index (Phi) is 4.16. The van der Waals surface area contributed by atoms with Crippen LogP contribution in [0.3, 0.4) is 0 Å². The molecule has 0 unspecified atom stereocenters. The van der Waals surface area contributed by atoms with Crippen LogP contribution in [0, 0.1) is 18.3 Å². The topological polar surface area (TPSA) is 67.9 Å². The summed E-state index contributed by atoms with van der Waals surface area (Å²) in [5.41, 5.74) is 3.54. The Morgan fingerprint density at radius 3 is 2.95 bits per heavy atom. The predicted octanol–water partition coefficient (Wildman–Crippen LogP) is 2.29. The standard InChI is InChI=1S/C15H15N3O2/c1-3-20-15(19)10-18-9-13(8-17-18)14-5-4-12(7-16)6-11(14)2/h4-6,8-9H,3,10H2,1-2H3. The van der Waals surface area contributed by atoms with Gasteiger partial charge in [0.2, 0.25) is 0 Å². The molecule has 0 saturated heterocycles. The third-order valence-electron chi connectivity index (χ3n) is 2.90. The van der Waals surface area contributed by atoms with E-state index in [-0.39, 0.29) is 12.5 Å². The average molecular weight is 269 g/mol. The van der Waals surface area contributed by atoms with Crippen LogP contribution in [-0.2, 0) is 16.1 Å². The van der Waals surface area contributed by atoms with Crippen LogP contribution in [-0.4, -0.2) is 22.4 Å². The number of nitrogens with zero attached hydrogens (tertiary/aromatic N) is 3. The summed E-state index contributed by atoms with van der Waals surface area (Å²) in [6.45, 7) is 4.18. The fraction of sp³-hybridized carbons (Fsp3) is 0.267. The molecule has 5 heteroatoms. The monoisotopic (exact) mass is 269 g/mol. The number of esters is 1. The Hall–Kier alpha value is -2.61. The second-order valence-corrected chi connectivity index (χ2v) is 4.37. The van der Waals surface area contributed by atoms with Gasteiger partial charge < -0.3 is 4.74 Å². The van der Waals surface area contributed by atoms with Gasteiger partial charge in [0, 0.05) is 11.8 Å². The summed E-state index contributed by atoms with van der Waals surface area (Å²) in [5, 5.41) is 13.0. The van der Waals surface area contributed by atoms with Gasteiger partial charge in [-0.05, 0) is 37.1 Å². The molecule has 0 aliphatic heterocycles. The highest BCUT2D eigenvalue weighted by Gasteiger charge is 2.08. The molecule has 0 fully saturated rings. The van der Waals surface area contributed by atoms with Crippen LogP contribution in [0.4, 0.5) is 0 Å². The van der Waals surface area contributed by atoms with Crippen LogP contribution in [0.15, 0.2) is 30.6 Å². The Bertz CT molecular complexity index is 668.